The lowest BCUT2D eigenvalue weighted by Gasteiger charge is -2.09. The van der Waals surface area contributed by atoms with Gasteiger partial charge < -0.3 is 10.4 Å². The van der Waals surface area contributed by atoms with E-state index in [2.05, 4.69) is 5.32 Å². The van der Waals surface area contributed by atoms with Crippen molar-refractivity contribution >= 4 is 28.3 Å². The summed E-state index contributed by atoms with van der Waals surface area (Å²) in [6, 6.07) is 4.28. The summed E-state index contributed by atoms with van der Waals surface area (Å²) in [7, 11) is -0.882. The van der Waals surface area contributed by atoms with E-state index < -0.39 is 10.8 Å². The second kappa shape index (κ2) is 6.75. The standard InChI is InChI=1S/C12H16ClNO3S/c1-8(18(2)17)5-6-14-12(16)9-3-4-11(15)10(13)7-9/h3-4,7-8,15H,5-6H2,1-2H3,(H,14,16). The Kier molecular flexibility index (Phi) is 5.62. The Balaban J connectivity index is 2.50. The van der Waals surface area contributed by atoms with Gasteiger partial charge in [-0.15, -0.1) is 0 Å². The predicted molar refractivity (Wildman–Crippen MR) is 73.6 cm³/mol. The third-order valence-corrected chi connectivity index (χ3v) is 4.28. The number of rotatable bonds is 5. The highest BCUT2D eigenvalue weighted by Gasteiger charge is 2.10. The molecule has 1 aromatic carbocycles. The molecule has 0 radical (unpaired) electrons. The first-order valence-electron chi connectivity index (χ1n) is 5.50. The van der Waals surface area contributed by atoms with Gasteiger partial charge in [-0.2, -0.15) is 0 Å². The zero-order valence-corrected chi connectivity index (χ0v) is 11.8. The first-order valence-corrected chi connectivity index (χ1v) is 7.50. The Bertz CT molecular complexity index is 465. The first-order chi connectivity index (χ1) is 8.41. The van der Waals surface area contributed by atoms with Crippen LogP contribution >= 0.6 is 11.6 Å². The van der Waals surface area contributed by atoms with Crippen molar-refractivity contribution in [3.05, 3.63) is 28.8 Å². The van der Waals surface area contributed by atoms with Crippen LogP contribution < -0.4 is 5.32 Å². The summed E-state index contributed by atoms with van der Waals surface area (Å²) in [5, 5.41) is 12.1. The Morgan fingerprint density at radius 2 is 2.22 bits per heavy atom. The Hall–Kier alpha value is -1.07. The minimum absolute atomic E-state index is 0.0497. The highest BCUT2D eigenvalue weighted by molar-refractivity contribution is 7.84. The Labute approximate surface area is 114 Å². The molecular formula is C12H16ClNO3S. The maximum Gasteiger partial charge on any atom is 0.251 e. The lowest BCUT2D eigenvalue weighted by Crippen LogP contribution is -2.27. The Morgan fingerprint density at radius 1 is 1.56 bits per heavy atom. The van der Waals surface area contributed by atoms with Gasteiger partial charge in [0.1, 0.15) is 5.75 Å². The number of phenolic OH excluding ortho intramolecular Hbond substituents is 1. The smallest absolute Gasteiger partial charge is 0.251 e. The summed E-state index contributed by atoms with van der Waals surface area (Å²) >= 11 is 5.71. The molecular weight excluding hydrogens is 274 g/mol. The van der Waals surface area contributed by atoms with Gasteiger partial charge in [0.25, 0.3) is 5.91 Å². The topological polar surface area (TPSA) is 66.4 Å². The largest absolute Gasteiger partial charge is 0.506 e. The molecule has 4 nitrogen and oxygen atoms in total. The summed E-state index contributed by atoms with van der Waals surface area (Å²) in [4.78, 5) is 11.7. The number of carbonyl (C=O) groups excluding carboxylic acids is 1. The van der Waals surface area contributed by atoms with Gasteiger partial charge in [-0.25, -0.2) is 0 Å². The van der Waals surface area contributed by atoms with Crippen LogP contribution in [0.1, 0.15) is 23.7 Å². The Morgan fingerprint density at radius 3 is 2.78 bits per heavy atom. The molecule has 0 spiro atoms. The molecule has 1 aromatic rings. The molecule has 0 saturated carbocycles. The molecule has 100 valence electrons. The number of nitrogens with one attached hydrogen (secondary N) is 1. The summed E-state index contributed by atoms with van der Waals surface area (Å²) in [6.07, 6.45) is 2.30. The summed E-state index contributed by atoms with van der Waals surface area (Å²) in [5.74, 6) is -0.311. The van der Waals surface area contributed by atoms with Crippen LogP contribution in [0.25, 0.3) is 0 Å². The van der Waals surface area contributed by atoms with Crippen molar-refractivity contribution in [1.29, 1.82) is 0 Å². The first kappa shape index (κ1) is 15.0. The molecule has 18 heavy (non-hydrogen) atoms. The van der Waals surface area contributed by atoms with Crippen LogP contribution in [-0.4, -0.2) is 33.3 Å². The molecule has 6 heteroatoms. The van der Waals surface area contributed by atoms with Crippen LogP contribution in [0, 0.1) is 0 Å². The van der Waals surface area contributed by atoms with E-state index in [0.29, 0.717) is 18.5 Å². The number of hydrogen-bond acceptors (Lipinski definition) is 3. The summed E-state index contributed by atoms with van der Waals surface area (Å²) < 4.78 is 11.1. The fraction of sp³-hybridized carbons (Fsp3) is 0.417. The summed E-state index contributed by atoms with van der Waals surface area (Å²) in [6.45, 7) is 2.33. The molecule has 0 aliphatic heterocycles. The van der Waals surface area contributed by atoms with Crippen LogP contribution in [0.5, 0.6) is 5.75 Å². The van der Waals surface area contributed by atoms with E-state index in [-0.39, 0.29) is 21.9 Å². The van der Waals surface area contributed by atoms with Gasteiger partial charge in [0.05, 0.1) is 5.02 Å². The maximum atomic E-state index is 11.7. The molecule has 1 rings (SSSR count). The van der Waals surface area contributed by atoms with Gasteiger partial charge in [-0.1, -0.05) is 18.5 Å². The molecule has 0 bridgehead atoms. The van der Waals surface area contributed by atoms with Crippen LogP contribution in [0.4, 0.5) is 0 Å². The normalized spacial score (nSPS) is 13.9. The molecule has 0 aliphatic rings. The van der Waals surface area contributed by atoms with Crippen molar-refractivity contribution in [2.24, 2.45) is 0 Å². The average Bonchev–Trinajstić information content (AvgIpc) is 2.32. The summed E-state index contributed by atoms with van der Waals surface area (Å²) in [5.41, 5.74) is 0.392. The van der Waals surface area contributed by atoms with Crippen LogP contribution in [-0.2, 0) is 10.8 Å². The minimum atomic E-state index is -0.882. The van der Waals surface area contributed by atoms with E-state index in [1.54, 1.807) is 6.26 Å². The molecule has 2 atom stereocenters. The third kappa shape index (κ3) is 4.31. The van der Waals surface area contributed by atoms with Gasteiger partial charge in [0.15, 0.2) is 0 Å². The highest BCUT2D eigenvalue weighted by atomic mass is 35.5. The number of phenols is 1. The van der Waals surface area contributed by atoms with E-state index in [9.17, 15) is 14.1 Å². The molecule has 0 saturated heterocycles. The van der Waals surface area contributed by atoms with Gasteiger partial charge in [0, 0.05) is 34.4 Å². The van der Waals surface area contributed by atoms with E-state index in [4.69, 9.17) is 11.6 Å². The van der Waals surface area contributed by atoms with Crippen molar-refractivity contribution < 1.29 is 14.1 Å². The second-order valence-corrected chi connectivity index (χ2v) is 6.23. The average molecular weight is 290 g/mol. The number of amides is 1. The minimum Gasteiger partial charge on any atom is -0.506 e. The molecule has 2 unspecified atom stereocenters. The number of halogens is 1. The van der Waals surface area contributed by atoms with Crippen molar-refractivity contribution in [3.8, 4) is 5.75 Å². The van der Waals surface area contributed by atoms with Gasteiger partial charge >= 0.3 is 0 Å². The third-order valence-electron chi connectivity index (χ3n) is 2.61. The highest BCUT2D eigenvalue weighted by Crippen LogP contribution is 2.23. The van der Waals surface area contributed by atoms with E-state index in [0.717, 1.165) is 0 Å². The van der Waals surface area contributed by atoms with Crippen LogP contribution in [0.2, 0.25) is 5.02 Å². The number of carbonyl (C=O) groups is 1. The lowest BCUT2D eigenvalue weighted by atomic mass is 10.2. The van der Waals surface area contributed by atoms with Crippen LogP contribution in [0.3, 0.4) is 0 Å². The molecule has 0 aromatic heterocycles. The quantitative estimate of drug-likeness (QED) is 0.870. The zero-order valence-electron chi connectivity index (χ0n) is 10.3. The van der Waals surface area contributed by atoms with Crippen molar-refractivity contribution in [3.63, 3.8) is 0 Å². The van der Waals surface area contributed by atoms with Crippen molar-refractivity contribution in [2.45, 2.75) is 18.6 Å². The fourth-order valence-corrected chi connectivity index (χ4v) is 1.94. The molecule has 1 amide bonds. The zero-order chi connectivity index (χ0) is 13.7. The predicted octanol–water partition coefficient (Wildman–Crippen LogP) is 1.93. The second-order valence-electron chi connectivity index (χ2n) is 4.02. The molecule has 0 aliphatic carbocycles. The van der Waals surface area contributed by atoms with Crippen LogP contribution in [0.15, 0.2) is 18.2 Å². The maximum absolute atomic E-state index is 11.7. The van der Waals surface area contributed by atoms with Gasteiger partial charge in [-0.05, 0) is 24.6 Å². The number of benzene rings is 1. The van der Waals surface area contributed by atoms with Crippen molar-refractivity contribution in [1.82, 2.24) is 5.32 Å². The molecule has 2 N–H and O–H groups in total. The lowest BCUT2D eigenvalue weighted by molar-refractivity contribution is 0.0953. The van der Waals surface area contributed by atoms with E-state index in [1.165, 1.54) is 18.2 Å². The number of hydrogen-bond donors (Lipinski definition) is 2. The monoisotopic (exact) mass is 289 g/mol. The van der Waals surface area contributed by atoms with E-state index >= 15 is 0 Å². The fourth-order valence-electron chi connectivity index (χ4n) is 1.31. The van der Waals surface area contributed by atoms with Gasteiger partial charge in [0.2, 0.25) is 0 Å². The van der Waals surface area contributed by atoms with E-state index in [1.807, 2.05) is 6.92 Å². The SMILES string of the molecule is CC(CCNC(=O)c1ccc(O)c(Cl)c1)S(C)=O. The van der Waals surface area contributed by atoms with Gasteiger partial charge in [-0.3, -0.25) is 9.00 Å². The van der Waals surface area contributed by atoms with Crippen molar-refractivity contribution in [2.75, 3.05) is 12.8 Å². The molecule has 0 heterocycles. The molecule has 0 fully saturated rings. The number of aromatic hydroxyl groups is 1.